The van der Waals surface area contributed by atoms with Crippen LogP contribution in [0.4, 0.5) is 8.78 Å². The van der Waals surface area contributed by atoms with E-state index in [1.54, 1.807) is 25.1 Å². The maximum atomic E-state index is 13.5. The molecule has 150 valence electrons. The van der Waals surface area contributed by atoms with Gasteiger partial charge in [-0.25, -0.2) is 8.78 Å². The number of amides is 1. The molecule has 1 fully saturated rings. The molecule has 0 saturated heterocycles. The van der Waals surface area contributed by atoms with Crippen molar-refractivity contribution >= 4 is 28.4 Å². The average molecular weight is 418 g/mol. The van der Waals surface area contributed by atoms with Gasteiger partial charge in [0.05, 0.1) is 16.6 Å². The van der Waals surface area contributed by atoms with Gasteiger partial charge in [-0.05, 0) is 30.2 Å². The van der Waals surface area contributed by atoms with Crippen LogP contribution in [0.25, 0.3) is 22.2 Å². The molecule has 1 saturated carbocycles. The molecule has 0 spiro atoms. The van der Waals surface area contributed by atoms with E-state index >= 15 is 0 Å². The summed E-state index contributed by atoms with van der Waals surface area (Å²) in [6, 6.07) is 6.42. The number of primary amides is 1. The Morgan fingerprint density at radius 2 is 1.97 bits per heavy atom. The Morgan fingerprint density at radius 3 is 2.59 bits per heavy atom. The zero-order valence-electron chi connectivity index (χ0n) is 15.8. The number of halogens is 3. The molecule has 2 heterocycles. The van der Waals surface area contributed by atoms with Gasteiger partial charge in [-0.3, -0.25) is 14.6 Å². The molecule has 2 aromatic heterocycles. The van der Waals surface area contributed by atoms with E-state index in [1.165, 1.54) is 12.3 Å². The minimum Gasteiger partial charge on any atom is -0.364 e. The molecule has 1 amide bonds. The number of H-pyrrole nitrogens is 1. The van der Waals surface area contributed by atoms with Crippen molar-refractivity contribution in [2.45, 2.75) is 38.0 Å². The molecule has 3 N–H and O–H groups in total. The molecule has 4 rings (SSSR count). The van der Waals surface area contributed by atoms with Crippen molar-refractivity contribution in [3.63, 3.8) is 0 Å². The summed E-state index contributed by atoms with van der Waals surface area (Å²) in [6.07, 6.45) is 0.908. The third-order valence-corrected chi connectivity index (χ3v) is 5.84. The van der Waals surface area contributed by atoms with Gasteiger partial charge in [0.2, 0.25) is 5.92 Å². The highest BCUT2D eigenvalue weighted by molar-refractivity contribution is 6.31. The molecule has 1 aliphatic rings. The molecule has 0 bridgehead atoms. The average Bonchev–Trinajstić information content (AvgIpc) is 2.60. The number of rotatable bonds is 3. The van der Waals surface area contributed by atoms with Crippen molar-refractivity contribution in [2.24, 2.45) is 5.73 Å². The largest absolute Gasteiger partial charge is 0.364 e. The lowest BCUT2D eigenvalue weighted by atomic mass is 9.63. The van der Waals surface area contributed by atoms with E-state index in [4.69, 9.17) is 17.3 Å². The number of nitrogens with zero attached hydrogens (tertiary/aromatic N) is 1. The molecule has 5 nitrogen and oxygen atoms in total. The third kappa shape index (κ3) is 3.19. The lowest BCUT2D eigenvalue weighted by Gasteiger charge is -2.45. The number of hydrogen-bond acceptors (Lipinski definition) is 3. The highest BCUT2D eigenvalue weighted by atomic mass is 35.5. The summed E-state index contributed by atoms with van der Waals surface area (Å²) in [7, 11) is 0. The summed E-state index contributed by atoms with van der Waals surface area (Å²) in [6.45, 7) is 3.61. The van der Waals surface area contributed by atoms with Gasteiger partial charge in [0.25, 0.3) is 5.91 Å². The Kier molecular flexibility index (Phi) is 4.27. The first-order valence-electron chi connectivity index (χ1n) is 9.01. The molecule has 8 heteroatoms. The molecule has 3 aromatic rings. The molecule has 1 aromatic carbocycles. The van der Waals surface area contributed by atoms with Crippen LogP contribution in [0.1, 0.15) is 41.4 Å². The van der Waals surface area contributed by atoms with Crippen molar-refractivity contribution in [3.8, 4) is 11.3 Å². The predicted molar refractivity (Wildman–Crippen MR) is 108 cm³/mol. The van der Waals surface area contributed by atoms with Crippen LogP contribution in [0.5, 0.6) is 0 Å². The fourth-order valence-corrected chi connectivity index (χ4v) is 4.64. The van der Waals surface area contributed by atoms with Gasteiger partial charge >= 0.3 is 0 Å². The second kappa shape index (κ2) is 6.35. The maximum Gasteiger partial charge on any atom is 0.268 e. The number of alkyl halides is 2. The predicted octanol–water partition coefficient (Wildman–Crippen LogP) is 4.34. The molecule has 1 aliphatic carbocycles. The van der Waals surface area contributed by atoms with E-state index in [9.17, 15) is 18.4 Å². The van der Waals surface area contributed by atoms with Gasteiger partial charge in [-0.1, -0.05) is 24.6 Å². The van der Waals surface area contributed by atoms with Crippen LogP contribution in [0.15, 0.2) is 35.3 Å². The molecule has 0 unspecified atom stereocenters. The van der Waals surface area contributed by atoms with Gasteiger partial charge in [0.15, 0.2) is 5.43 Å². The van der Waals surface area contributed by atoms with Crippen LogP contribution in [-0.2, 0) is 5.41 Å². The van der Waals surface area contributed by atoms with Gasteiger partial charge in [0.1, 0.15) is 5.69 Å². The fourth-order valence-electron chi connectivity index (χ4n) is 4.25. The van der Waals surface area contributed by atoms with Crippen LogP contribution in [0.2, 0.25) is 5.02 Å². The minimum absolute atomic E-state index is 0.0979. The number of aromatic amines is 1. The quantitative estimate of drug-likeness (QED) is 0.664. The highest BCUT2D eigenvalue weighted by Crippen LogP contribution is 2.55. The first-order chi connectivity index (χ1) is 13.5. The number of nitrogens with one attached hydrogen (secondary N) is 1. The van der Waals surface area contributed by atoms with E-state index in [2.05, 4.69) is 9.97 Å². The van der Waals surface area contributed by atoms with E-state index < -0.39 is 22.7 Å². The van der Waals surface area contributed by atoms with Gasteiger partial charge in [0, 0.05) is 41.1 Å². The molecule has 0 radical (unpaired) electrons. The summed E-state index contributed by atoms with van der Waals surface area (Å²) in [5.41, 5.74) is 7.19. The Labute approximate surface area is 169 Å². The summed E-state index contributed by atoms with van der Waals surface area (Å²) in [5.74, 6) is -3.46. The van der Waals surface area contributed by atoms with E-state index in [-0.39, 0.29) is 23.9 Å². The first-order valence-corrected chi connectivity index (χ1v) is 9.39. The van der Waals surface area contributed by atoms with Crippen LogP contribution >= 0.6 is 11.6 Å². The number of fused-ring (bicyclic) bond motifs is 1. The first kappa shape index (κ1) is 19.5. The maximum absolute atomic E-state index is 13.5. The van der Waals surface area contributed by atoms with E-state index in [0.717, 1.165) is 5.56 Å². The van der Waals surface area contributed by atoms with Gasteiger partial charge < -0.3 is 10.7 Å². The lowest BCUT2D eigenvalue weighted by molar-refractivity contribution is -0.120. The molecular formula is C21H18ClF2N3O2. The Morgan fingerprint density at radius 1 is 1.28 bits per heavy atom. The van der Waals surface area contributed by atoms with Crippen LogP contribution in [0, 0.1) is 6.92 Å². The lowest BCUT2D eigenvalue weighted by Crippen LogP contribution is -2.47. The third-order valence-electron chi connectivity index (χ3n) is 5.53. The summed E-state index contributed by atoms with van der Waals surface area (Å²) in [5, 5.41) is 0.491. The van der Waals surface area contributed by atoms with Crippen LogP contribution < -0.4 is 11.2 Å². The normalized spacial score (nSPS) is 17.1. The van der Waals surface area contributed by atoms with E-state index in [0.29, 0.717) is 27.4 Å². The van der Waals surface area contributed by atoms with E-state index in [1.807, 2.05) is 6.92 Å². The minimum atomic E-state index is -2.67. The van der Waals surface area contributed by atoms with Crippen molar-refractivity contribution in [1.82, 2.24) is 9.97 Å². The van der Waals surface area contributed by atoms with Crippen molar-refractivity contribution in [2.75, 3.05) is 0 Å². The standard InChI is InChI=1S/C21H18ClF2N3O2/c1-10-5-12(20(2)8-21(23,24)9-20)13(22)6-11(10)15-7-16(28)17-14(27-15)3-4-26-18(17)19(25)29/h3-7H,8-9H2,1-2H3,(H2,25,29)(H,27,28). The van der Waals surface area contributed by atoms with Crippen LogP contribution in [-0.4, -0.2) is 21.8 Å². The summed E-state index contributed by atoms with van der Waals surface area (Å²) < 4.78 is 26.9. The zero-order valence-corrected chi connectivity index (χ0v) is 16.5. The second-order valence-corrected chi connectivity index (χ2v) is 8.32. The van der Waals surface area contributed by atoms with Crippen molar-refractivity contribution in [3.05, 3.63) is 62.5 Å². The SMILES string of the molecule is Cc1cc(C2(C)CC(F)(F)C2)c(Cl)cc1-c1cc(=O)c2c(C(N)=O)nccc2[nH]1. The number of benzene rings is 1. The van der Waals surface area contributed by atoms with Crippen molar-refractivity contribution in [1.29, 1.82) is 0 Å². The number of carbonyl (C=O) groups excluding carboxylic acids is 1. The number of pyridine rings is 2. The molecule has 0 atom stereocenters. The van der Waals surface area contributed by atoms with Gasteiger partial charge in [-0.15, -0.1) is 0 Å². The second-order valence-electron chi connectivity index (χ2n) is 7.91. The van der Waals surface area contributed by atoms with Gasteiger partial charge in [-0.2, -0.15) is 0 Å². The molecular weight excluding hydrogens is 400 g/mol. The Balaban J connectivity index is 1.84. The smallest absolute Gasteiger partial charge is 0.268 e. The summed E-state index contributed by atoms with van der Waals surface area (Å²) >= 11 is 6.46. The topological polar surface area (TPSA) is 88.8 Å². The van der Waals surface area contributed by atoms with Crippen molar-refractivity contribution < 1.29 is 13.6 Å². The number of carbonyl (C=O) groups is 1. The molecule has 0 aliphatic heterocycles. The number of aromatic nitrogens is 2. The summed E-state index contributed by atoms with van der Waals surface area (Å²) in [4.78, 5) is 31.2. The Hall–Kier alpha value is -2.80. The number of hydrogen-bond donors (Lipinski definition) is 2. The zero-order chi connectivity index (χ0) is 21.1. The number of aryl methyl sites for hydroxylation is 1. The fraction of sp³-hybridized carbons (Fsp3) is 0.286. The van der Waals surface area contributed by atoms with Crippen LogP contribution in [0.3, 0.4) is 0 Å². The number of nitrogens with two attached hydrogens (primary N) is 1. The monoisotopic (exact) mass is 417 g/mol. The highest BCUT2D eigenvalue weighted by Gasteiger charge is 2.55. The Bertz CT molecular complexity index is 1230. The molecule has 29 heavy (non-hydrogen) atoms.